The highest BCUT2D eigenvalue weighted by Gasteiger charge is 2.05. The molecule has 1 heterocycles. The standard InChI is InChI=1S/C10H10N4O2/c15-10(6-14-12-8-11-13-14)16-7-9-4-2-1-3-5-9/h1-5,8H,6-7H2. The summed E-state index contributed by atoms with van der Waals surface area (Å²) < 4.78 is 5.03. The number of hydrogen-bond acceptors (Lipinski definition) is 5. The van der Waals surface area contributed by atoms with E-state index in [4.69, 9.17) is 4.74 Å². The molecule has 2 aromatic rings. The van der Waals surface area contributed by atoms with Crippen LogP contribution in [0, 0.1) is 0 Å². The van der Waals surface area contributed by atoms with Gasteiger partial charge in [0, 0.05) is 0 Å². The third-order valence-corrected chi connectivity index (χ3v) is 1.90. The van der Waals surface area contributed by atoms with E-state index in [1.807, 2.05) is 30.3 Å². The molecule has 0 unspecified atom stereocenters. The van der Waals surface area contributed by atoms with Crippen molar-refractivity contribution in [3.8, 4) is 0 Å². The van der Waals surface area contributed by atoms with Gasteiger partial charge in [-0.05, 0) is 10.8 Å². The minimum Gasteiger partial charge on any atom is -0.459 e. The van der Waals surface area contributed by atoms with Crippen molar-refractivity contribution >= 4 is 5.97 Å². The van der Waals surface area contributed by atoms with E-state index in [0.29, 0.717) is 0 Å². The molecule has 0 aliphatic heterocycles. The van der Waals surface area contributed by atoms with Crippen LogP contribution in [0.25, 0.3) is 0 Å². The van der Waals surface area contributed by atoms with E-state index in [0.717, 1.165) is 5.56 Å². The first-order valence-electron chi connectivity index (χ1n) is 4.75. The second-order valence-electron chi connectivity index (χ2n) is 3.11. The number of rotatable bonds is 4. The summed E-state index contributed by atoms with van der Waals surface area (Å²) in [6, 6.07) is 9.47. The summed E-state index contributed by atoms with van der Waals surface area (Å²) in [5, 5.41) is 10.8. The Hall–Kier alpha value is -2.24. The van der Waals surface area contributed by atoms with Crippen LogP contribution in [0.5, 0.6) is 0 Å². The first-order chi connectivity index (χ1) is 7.84. The molecule has 0 saturated carbocycles. The van der Waals surface area contributed by atoms with Crippen molar-refractivity contribution in [3.63, 3.8) is 0 Å². The molecule has 0 saturated heterocycles. The summed E-state index contributed by atoms with van der Waals surface area (Å²) >= 11 is 0. The molecule has 0 bridgehead atoms. The van der Waals surface area contributed by atoms with E-state index in [1.165, 1.54) is 11.1 Å². The van der Waals surface area contributed by atoms with Crippen LogP contribution >= 0.6 is 0 Å². The van der Waals surface area contributed by atoms with Crippen molar-refractivity contribution in [1.82, 2.24) is 20.2 Å². The zero-order valence-electron chi connectivity index (χ0n) is 8.48. The lowest BCUT2D eigenvalue weighted by Crippen LogP contribution is -2.15. The van der Waals surface area contributed by atoms with Crippen LogP contribution in [0.1, 0.15) is 5.56 Å². The molecule has 16 heavy (non-hydrogen) atoms. The Morgan fingerprint density at radius 1 is 1.31 bits per heavy atom. The van der Waals surface area contributed by atoms with Gasteiger partial charge in [-0.2, -0.15) is 4.80 Å². The highest BCUT2D eigenvalue weighted by Crippen LogP contribution is 2.00. The van der Waals surface area contributed by atoms with Gasteiger partial charge in [0.1, 0.15) is 6.61 Å². The van der Waals surface area contributed by atoms with Crippen molar-refractivity contribution in [2.75, 3.05) is 0 Å². The summed E-state index contributed by atoms with van der Waals surface area (Å²) in [5.41, 5.74) is 0.947. The van der Waals surface area contributed by atoms with Gasteiger partial charge in [0.15, 0.2) is 12.9 Å². The Morgan fingerprint density at radius 2 is 2.12 bits per heavy atom. The van der Waals surface area contributed by atoms with Crippen molar-refractivity contribution in [1.29, 1.82) is 0 Å². The average Bonchev–Trinajstić information content (AvgIpc) is 2.81. The number of aromatic nitrogens is 4. The maximum Gasteiger partial charge on any atom is 0.330 e. The number of ether oxygens (including phenoxy) is 1. The number of carbonyl (C=O) groups is 1. The van der Waals surface area contributed by atoms with Gasteiger partial charge < -0.3 is 4.74 Å². The zero-order valence-corrected chi connectivity index (χ0v) is 8.48. The molecular formula is C10H10N4O2. The van der Waals surface area contributed by atoms with Gasteiger partial charge >= 0.3 is 5.97 Å². The van der Waals surface area contributed by atoms with Gasteiger partial charge in [-0.1, -0.05) is 30.3 Å². The number of benzene rings is 1. The quantitative estimate of drug-likeness (QED) is 0.695. The predicted molar refractivity (Wildman–Crippen MR) is 54.1 cm³/mol. The molecule has 0 aliphatic carbocycles. The van der Waals surface area contributed by atoms with E-state index < -0.39 is 0 Å². The summed E-state index contributed by atoms with van der Waals surface area (Å²) in [4.78, 5) is 12.5. The third-order valence-electron chi connectivity index (χ3n) is 1.90. The van der Waals surface area contributed by atoms with Gasteiger partial charge in [-0.3, -0.25) is 0 Å². The fourth-order valence-corrected chi connectivity index (χ4v) is 1.16. The Kier molecular flexibility index (Phi) is 3.22. The topological polar surface area (TPSA) is 69.9 Å². The second kappa shape index (κ2) is 5.01. The van der Waals surface area contributed by atoms with Gasteiger partial charge in [-0.25, -0.2) is 4.79 Å². The smallest absolute Gasteiger partial charge is 0.330 e. The van der Waals surface area contributed by atoms with Gasteiger partial charge in [0.05, 0.1) is 0 Å². The van der Waals surface area contributed by atoms with E-state index >= 15 is 0 Å². The first kappa shape index (κ1) is 10.3. The lowest BCUT2D eigenvalue weighted by atomic mass is 10.2. The van der Waals surface area contributed by atoms with Gasteiger partial charge in [-0.15, -0.1) is 10.2 Å². The highest BCUT2D eigenvalue weighted by atomic mass is 16.5. The van der Waals surface area contributed by atoms with Gasteiger partial charge in [0.25, 0.3) is 0 Å². The van der Waals surface area contributed by atoms with Crippen LogP contribution in [0.3, 0.4) is 0 Å². The second-order valence-corrected chi connectivity index (χ2v) is 3.11. The fraction of sp³-hybridized carbons (Fsp3) is 0.200. The molecule has 6 nitrogen and oxygen atoms in total. The number of tetrazole rings is 1. The summed E-state index contributed by atoms with van der Waals surface area (Å²) in [7, 11) is 0. The normalized spacial score (nSPS) is 10.0. The van der Waals surface area contributed by atoms with Crippen molar-refractivity contribution in [3.05, 3.63) is 42.2 Å². The van der Waals surface area contributed by atoms with E-state index in [-0.39, 0.29) is 19.1 Å². The van der Waals surface area contributed by atoms with Crippen LogP contribution in [0.15, 0.2) is 36.7 Å². The average molecular weight is 218 g/mol. The predicted octanol–water partition coefficient (Wildman–Crippen LogP) is 0.416. The summed E-state index contributed by atoms with van der Waals surface area (Å²) in [6.45, 7) is 0.237. The molecule has 0 atom stereocenters. The lowest BCUT2D eigenvalue weighted by molar-refractivity contribution is -0.146. The van der Waals surface area contributed by atoms with E-state index in [1.54, 1.807) is 0 Å². The van der Waals surface area contributed by atoms with Crippen LogP contribution < -0.4 is 0 Å². The van der Waals surface area contributed by atoms with Crippen LogP contribution in [-0.2, 0) is 22.7 Å². The highest BCUT2D eigenvalue weighted by molar-refractivity contribution is 5.68. The molecule has 2 rings (SSSR count). The molecule has 1 aromatic heterocycles. The molecule has 82 valence electrons. The minimum atomic E-state index is -0.387. The van der Waals surface area contributed by atoms with Crippen molar-refractivity contribution in [2.24, 2.45) is 0 Å². The molecule has 1 aromatic carbocycles. The SMILES string of the molecule is O=C(Cn1ncnn1)OCc1ccccc1. The largest absolute Gasteiger partial charge is 0.459 e. The summed E-state index contributed by atoms with van der Waals surface area (Å²) in [6.07, 6.45) is 1.27. The third kappa shape index (κ3) is 2.88. The molecule has 0 N–H and O–H groups in total. The molecule has 0 radical (unpaired) electrons. The number of esters is 1. The van der Waals surface area contributed by atoms with Crippen molar-refractivity contribution < 1.29 is 9.53 Å². The maximum atomic E-state index is 11.3. The molecular weight excluding hydrogens is 208 g/mol. The monoisotopic (exact) mass is 218 g/mol. The lowest BCUT2D eigenvalue weighted by Gasteiger charge is -2.03. The Morgan fingerprint density at radius 3 is 2.81 bits per heavy atom. The number of hydrogen-bond donors (Lipinski definition) is 0. The van der Waals surface area contributed by atoms with E-state index in [2.05, 4.69) is 15.4 Å². The minimum absolute atomic E-state index is 0.0210. The maximum absolute atomic E-state index is 11.3. The van der Waals surface area contributed by atoms with Crippen LogP contribution in [0.2, 0.25) is 0 Å². The number of nitrogens with zero attached hydrogens (tertiary/aromatic N) is 4. The zero-order chi connectivity index (χ0) is 11.2. The van der Waals surface area contributed by atoms with Crippen molar-refractivity contribution in [2.45, 2.75) is 13.2 Å². The molecule has 0 amide bonds. The Bertz CT molecular complexity index is 441. The summed E-state index contributed by atoms with van der Waals surface area (Å²) in [5.74, 6) is -0.387. The van der Waals surface area contributed by atoms with E-state index in [9.17, 15) is 4.79 Å². The fourth-order valence-electron chi connectivity index (χ4n) is 1.16. The molecule has 0 fully saturated rings. The molecule has 0 spiro atoms. The molecule has 6 heteroatoms. The number of carbonyl (C=O) groups excluding carboxylic acids is 1. The van der Waals surface area contributed by atoms with Crippen LogP contribution in [-0.4, -0.2) is 26.2 Å². The van der Waals surface area contributed by atoms with Crippen LogP contribution in [0.4, 0.5) is 0 Å². The van der Waals surface area contributed by atoms with Gasteiger partial charge in [0.2, 0.25) is 0 Å². The first-order valence-corrected chi connectivity index (χ1v) is 4.75. The Labute approximate surface area is 91.8 Å². The molecule has 0 aliphatic rings. The Balaban J connectivity index is 1.80.